The first kappa shape index (κ1) is 17.0. The van der Waals surface area contributed by atoms with E-state index in [4.69, 9.17) is 63.3 Å². The van der Waals surface area contributed by atoms with Gasteiger partial charge < -0.3 is 5.32 Å². The zero-order valence-electron chi connectivity index (χ0n) is 10.4. The van der Waals surface area contributed by atoms with Crippen LogP contribution in [0.2, 0.25) is 25.1 Å². The zero-order chi connectivity index (χ0) is 16.4. The van der Waals surface area contributed by atoms with Crippen LogP contribution in [0.4, 0.5) is 11.4 Å². The predicted molar refractivity (Wildman–Crippen MR) is 87.2 cm³/mol. The molecule has 0 fully saturated rings. The number of nitrogens with one attached hydrogen (secondary N) is 2. The van der Waals surface area contributed by atoms with Gasteiger partial charge in [0.15, 0.2) is 12.4 Å². The van der Waals surface area contributed by atoms with Crippen molar-refractivity contribution in [1.29, 1.82) is 10.5 Å². The third-order valence-electron chi connectivity index (χ3n) is 2.69. The van der Waals surface area contributed by atoms with Crippen molar-refractivity contribution in [2.45, 2.75) is 0 Å². The van der Waals surface area contributed by atoms with Gasteiger partial charge in [-0.15, -0.1) is 0 Å². The van der Waals surface area contributed by atoms with E-state index in [1.165, 1.54) is 12.4 Å². The van der Waals surface area contributed by atoms with Crippen molar-refractivity contribution in [1.82, 2.24) is 0 Å². The fourth-order valence-corrected chi connectivity index (χ4v) is 2.93. The second kappa shape index (κ2) is 6.79. The van der Waals surface area contributed by atoms with Gasteiger partial charge in [0, 0.05) is 0 Å². The maximum absolute atomic E-state index is 9.28. The molecule has 110 valence electrons. The summed E-state index contributed by atoms with van der Waals surface area (Å²) in [5, 5.41) is 21.6. The summed E-state index contributed by atoms with van der Waals surface area (Å²) in [5.41, 5.74) is 0.341. The molecule has 2 N–H and O–H groups in total. The largest absolute Gasteiger partial charge is 0.350 e. The first-order valence-electron chi connectivity index (χ1n) is 5.55. The number of halogens is 5. The Morgan fingerprint density at radius 2 is 1.27 bits per heavy atom. The van der Waals surface area contributed by atoms with Crippen molar-refractivity contribution in [2.24, 2.45) is 0 Å². The first-order chi connectivity index (χ1) is 10.4. The van der Waals surface area contributed by atoms with Crippen molar-refractivity contribution < 1.29 is 4.98 Å². The average molecular weight is 393 g/mol. The number of hydrogen-bond donors (Lipinski definition) is 1. The second-order valence-electron chi connectivity index (χ2n) is 3.94. The number of hydrogen-bond acceptors (Lipinski definition) is 3. The summed E-state index contributed by atoms with van der Waals surface area (Å²) in [6.07, 6.45) is 2.97. The second-order valence-corrected chi connectivity index (χ2v) is 5.89. The average Bonchev–Trinajstić information content (AvgIpc) is 2.49. The van der Waals surface area contributed by atoms with E-state index in [1.54, 1.807) is 0 Å². The van der Waals surface area contributed by atoms with Crippen LogP contribution in [0.3, 0.4) is 0 Å². The van der Waals surface area contributed by atoms with Gasteiger partial charge in [-0.1, -0.05) is 58.0 Å². The molecule has 0 amide bonds. The molecule has 1 aromatic carbocycles. The Morgan fingerprint density at radius 3 is 1.77 bits per heavy atom. The summed E-state index contributed by atoms with van der Waals surface area (Å²) in [6, 6.07) is 3.73. The standard InChI is InChI=1S/C13H3Cl5N4/c14-7-3-21-4-8(15)13(7)22-12-6(2-20)10(17)9(16)5(1-19)11(12)18/h3-4H,(H,21,22)/p+1. The summed E-state index contributed by atoms with van der Waals surface area (Å²) in [4.78, 5) is 2.74. The molecule has 2 aromatic rings. The summed E-state index contributed by atoms with van der Waals surface area (Å²) in [5.74, 6) is 0. The molecule has 0 unspecified atom stereocenters. The Labute approximate surface area is 150 Å². The molecule has 1 aromatic heterocycles. The summed E-state index contributed by atoms with van der Waals surface area (Å²) in [6.45, 7) is 0. The molecular formula is C13H4Cl5N4+. The number of anilines is 2. The van der Waals surface area contributed by atoms with Gasteiger partial charge in [0.05, 0.1) is 37.6 Å². The topological polar surface area (TPSA) is 73.8 Å². The van der Waals surface area contributed by atoms with E-state index in [1.807, 2.05) is 12.1 Å². The van der Waals surface area contributed by atoms with Crippen LogP contribution in [0, 0.1) is 22.7 Å². The van der Waals surface area contributed by atoms with Crippen molar-refractivity contribution in [3.05, 3.63) is 48.6 Å². The molecule has 9 heteroatoms. The number of nitrogens with zero attached hydrogens (tertiary/aromatic N) is 2. The number of nitriles is 2. The minimum absolute atomic E-state index is 0.0179. The molecule has 0 spiro atoms. The van der Waals surface area contributed by atoms with Gasteiger partial charge in [-0.25, -0.2) is 4.98 Å². The molecule has 0 aliphatic rings. The van der Waals surface area contributed by atoms with E-state index >= 15 is 0 Å². The highest BCUT2D eigenvalue weighted by molar-refractivity contribution is 6.46. The number of benzene rings is 1. The number of H-pyrrole nitrogens is 1. The number of rotatable bonds is 2. The highest BCUT2D eigenvalue weighted by Crippen LogP contribution is 2.43. The Balaban J connectivity index is 2.74. The first-order valence-corrected chi connectivity index (χ1v) is 7.44. The Kier molecular flexibility index (Phi) is 5.24. The summed E-state index contributed by atoms with van der Waals surface area (Å²) < 4.78 is 0. The summed E-state index contributed by atoms with van der Waals surface area (Å²) in [7, 11) is 0. The molecule has 0 radical (unpaired) electrons. The number of aromatic nitrogens is 1. The van der Waals surface area contributed by atoms with Crippen LogP contribution in [0.15, 0.2) is 12.4 Å². The van der Waals surface area contributed by atoms with Crippen LogP contribution in [0.1, 0.15) is 11.1 Å². The van der Waals surface area contributed by atoms with E-state index in [0.29, 0.717) is 5.69 Å². The normalized spacial score (nSPS) is 9.95. The maximum atomic E-state index is 9.28. The molecule has 0 aliphatic carbocycles. The molecule has 0 atom stereocenters. The minimum atomic E-state index is -0.0881. The lowest BCUT2D eigenvalue weighted by Gasteiger charge is -2.15. The van der Waals surface area contributed by atoms with Crippen LogP contribution >= 0.6 is 58.0 Å². The van der Waals surface area contributed by atoms with Gasteiger partial charge in [-0.05, 0) is 0 Å². The Morgan fingerprint density at radius 1 is 0.773 bits per heavy atom. The molecule has 0 bridgehead atoms. The maximum Gasteiger partial charge on any atom is 0.188 e. The molecule has 1 heterocycles. The van der Waals surface area contributed by atoms with Gasteiger partial charge in [-0.2, -0.15) is 10.5 Å². The third kappa shape index (κ3) is 2.90. The summed E-state index contributed by atoms with van der Waals surface area (Å²) >= 11 is 30.2. The van der Waals surface area contributed by atoms with E-state index in [9.17, 15) is 5.26 Å². The van der Waals surface area contributed by atoms with E-state index < -0.39 is 0 Å². The SMILES string of the molecule is N#Cc1c(Cl)c(Cl)c(C#N)c(Nc2c(Cl)c[nH+]cc2Cl)c1Cl. The molecule has 22 heavy (non-hydrogen) atoms. The lowest BCUT2D eigenvalue weighted by Crippen LogP contribution is -2.05. The van der Waals surface area contributed by atoms with E-state index in [0.717, 1.165) is 0 Å². The highest BCUT2D eigenvalue weighted by atomic mass is 35.5. The van der Waals surface area contributed by atoms with Crippen LogP contribution in [-0.2, 0) is 0 Å². The van der Waals surface area contributed by atoms with Crippen molar-refractivity contribution in [2.75, 3.05) is 5.32 Å². The number of aromatic amines is 1. The van der Waals surface area contributed by atoms with Crippen LogP contribution < -0.4 is 10.3 Å². The predicted octanol–water partition coefficient (Wildman–Crippen LogP) is 5.25. The quantitative estimate of drug-likeness (QED) is 0.708. The van der Waals surface area contributed by atoms with Gasteiger partial charge in [0.25, 0.3) is 0 Å². The lowest BCUT2D eigenvalue weighted by atomic mass is 10.1. The molecule has 2 rings (SSSR count). The fraction of sp³-hybridized carbons (Fsp3) is 0. The smallest absolute Gasteiger partial charge is 0.188 e. The molecule has 0 saturated heterocycles. The minimum Gasteiger partial charge on any atom is -0.350 e. The highest BCUT2D eigenvalue weighted by Gasteiger charge is 2.23. The van der Waals surface area contributed by atoms with Crippen LogP contribution in [0.5, 0.6) is 0 Å². The molecular weight excluding hydrogens is 389 g/mol. The van der Waals surface area contributed by atoms with Crippen LogP contribution in [-0.4, -0.2) is 0 Å². The third-order valence-corrected chi connectivity index (χ3v) is 4.52. The Bertz CT molecular complexity index is 831. The molecule has 4 nitrogen and oxygen atoms in total. The van der Waals surface area contributed by atoms with E-state index in [-0.39, 0.29) is 41.9 Å². The van der Waals surface area contributed by atoms with Crippen molar-refractivity contribution >= 4 is 69.4 Å². The number of pyridine rings is 1. The zero-order valence-corrected chi connectivity index (χ0v) is 14.2. The molecule has 0 aliphatic heterocycles. The van der Waals surface area contributed by atoms with Gasteiger partial charge in [0.1, 0.15) is 22.2 Å². The van der Waals surface area contributed by atoms with Gasteiger partial charge in [0.2, 0.25) is 0 Å². The fourth-order valence-electron chi connectivity index (χ4n) is 1.67. The van der Waals surface area contributed by atoms with Gasteiger partial charge >= 0.3 is 0 Å². The van der Waals surface area contributed by atoms with Crippen LogP contribution in [0.25, 0.3) is 0 Å². The molecule has 0 saturated carbocycles. The Hall–Kier alpha value is -1.40. The van der Waals surface area contributed by atoms with Crippen molar-refractivity contribution in [3.63, 3.8) is 0 Å². The monoisotopic (exact) mass is 391 g/mol. The van der Waals surface area contributed by atoms with Gasteiger partial charge in [-0.3, -0.25) is 0 Å². The van der Waals surface area contributed by atoms with E-state index in [2.05, 4.69) is 10.3 Å². The lowest BCUT2D eigenvalue weighted by molar-refractivity contribution is -0.377. The van der Waals surface area contributed by atoms with Crippen molar-refractivity contribution in [3.8, 4) is 12.1 Å².